The summed E-state index contributed by atoms with van der Waals surface area (Å²) in [6.45, 7) is 7.22. The van der Waals surface area contributed by atoms with Crippen LogP contribution < -0.4 is 0 Å². The van der Waals surface area contributed by atoms with Gasteiger partial charge in [-0.05, 0) is 41.1 Å². The first-order valence-electron chi connectivity index (χ1n) is 4.22. The van der Waals surface area contributed by atoms with Crippen molar-refractivity contribution in [3.8, 4) is 0 Å². The van der Waals surface area contributed by atoms with Crippen molar-refractivity contribution in [2.24, 2.45) is 0 Å². The van der Waals surface area contributed by atoms with Gasteiger partial charge in [-0.3, -0.25) is 0 Å². The maximum absolute atomic E-state index is 5.64. The number of hydrogen-bond donors (Lipinski definition) is 0. The summed E-state index contributed by atoms with van der Waals surface area (Å²) in [5.41, 5.74) is 0.425. The summed E-state index contributed by atoms with van der Waals surface area (Å²) in [5.74, 6) is 0. The molecule has 0 amide bonds. The van der Waals surface area contributed by atoms with Gasteiger partial charge in [0.1, 0.15) is 0 Å². The molecule has 0 saturated carbocycles. The van der Waals surface area contributed by atoms with E-state index >= 15 is 0 Å². The molecule has 0 aromatic heterocycles. The van der Waals surface area contributed by atoms with E-state index in [1.807, 2.05) is 0 Å². The Morgan fingerprint density at radius 1 is 1.42 bits per heavy atom. The summed E-state index contributed by atoms with van der Waals surface area (Å²) in [6.07, 6.45) is 2.06. The van der Waals surface area contributed by atoms with Crippen molar-refractivity contribution >= 4 is 11.8 Å². The van der Waals surface area contributed by atoms with Gasteiger partial charge in [-0.15, -0.1) is 11.8 Å². The number of thioether (sulfide) groups is 1. The SMILES string of the molecule is CSC(C)OCC(C)(C)N(C)C. The van der Waals surface area contributed by atoms with Crippen LogP contribution in [-0.4, -0.2) is 42.8 Å². The van der Waals surface area contributed by atoms with Crippen LogP contribution in [0.25, 0.3) is 0 Å². The first kappa shape index (κ1) is 12.3. The number of hydrogen-bond acceptors (Lipinski definition) is 3. The zero-order chi connectivity index (χ0) is 9.78. The Balaban J connectivity index is 3.75. The lowest BCUT2D eigenvalue weighted by Crippen LogP contribution is -2.43. The van der Waals surface area contributed by atoms with Crippen LogP contribution >= 0.6 is 11.8 Å². The van der Waals surface area contributed by atoms with E-state index < -0.39 is 0 Å². The molecule has 12 heavy (non-hydrogen) atoms. The average Bonchev–Trinajstić information content (AvgIpc) is 2.00. The van der Waals surface area contributed by atoms with E-state index in [1.165, 1.54) is 0 Å². The number of nitrogens with zero attached hydrogens (tertiary/aromatic N) is 1. The van der Waals surface area contributed by atoms with E-state index in [9.17, 15) is 0 Å². The molecule has 74 valence electrons. The fraction of sp³-hybridized carbons (Fsp3) is 1.00. The first-order valence-corrected chi connectivity index (χ1v) is 5.51. The van der Waals surface area contributed by atoms with Crippen LogP contribution in [0.3, 0.4) is 0 Å². The van der Waals surface area contributed by atoms with Crippen molar-refractivity contribution in [3.05, 3.63) is 0 Å². The highest BCUT2D eigenvalue weighted by Crippen LogP contribution is 2.14. The standard InChI is InChI=1S/C9H21NOS/c1-8(12-6)11-7-9(2,3)10(4)5/h8H,7H2,1-6H3. The Bertz CT molecular complexity index is 126. The fourth-order valence-electron chi connectivity index (χ4n) is 0.518. The molecule has 0 bridgehead atoms. The second-order valence-electron chi connectivity index (χ2n) is 3.82. The monoisotopic (exact) mass is 191 g/mol. The zero-order valence-electron chi connectivity index (χ0n) is 9.05. The molecule has 0 radical (unpaired) electrons. The predicted octanol–water partition coefficient (Wildman–Crippen LogP) is 2.05. The minimum absolute atomic E-state index is 0.129. The van der Waals surface area contributed by atoms with Gasteiger partial charge in [-0.1, -0.05) is 0 Å². The lowest BCUT2D eigenvalue weighted by Gasteiger charge is -2.33. The molecule has 0 aliphatic rings. The average molecular weight is 191 g/mol. The summed E-state index contributed by atoms with van der Waals surface area (Å²) in [5, 5.41) is 0. The third kappa shape index (κ3) is 4.33. The summed E-state index contributed by atoms with van der Waals surface area (Å²) in [4.78, 5) is 2.18. The van der Waals surface area contributed by atoms with Crippen molar-refractivity contribution in [2.45, 2.75) is 31.7 Å². The third-order valence-electron chi connectivity index (χ3n) is 2.21. The Morgan fingerprint density at radius 2 is 1.92 bits per heavy atom. The van der Waals surface area contributed by atoms with Crippen LogP contribution in [-0.2, 0) is 4.74 Å². The minimum Gasteiger partial charge on any atom is -0.366 e. The molecule has 0 fully saturated rings. The van der Waals surface area contributed by atoms with E-state index in [0.717, 1.165) is 6.61 Å². The van der Waals surface area contributed by atoms with Gasteiger partial charge in [0.15, 0.2) is 0 Å². The number of likely N-dealkylation sites (N-methyl/N-ethyl adjacent to an activating group) is 1. The Labute approximate surface area is 80.7 Å². The number of ether oxygens (including phenoxy) is 1. The summed E-state index contributed by atoms with van der Waals surface area (Å²) in [7, 11) is 4.15. The molecule has 0 aliphatic carbocycles. The molecule has 0 heterocycles. The summed E-state index contributed by atoms with van der Waals surface area (Å²) >= 11 is 1.74. The van der Waals surface area contributed by atoms with Crippen LogP contribution in [0.2, 0.25) is 0 Å². The van der Waals surface area contributed by atoms with E-state index in [2.05, 4.69) is 46.0 Å². The number of rotatable bonds is 5. The highest BCUT2D eigenvalue weighted by molar-refractivity contribution is 7.99. The smallest absolute Gasteiger partial charge is 0.0997 e. The zero-order valence-corrected chi connectivity index (χ0v) is 9.86. The molecule has 0 spiro atoms. The van der Waals surface area contributed by atoms with Gasteiger partial charge in [0, 0.05) is 5.54 Å². The van der Waals surface area contributed by atoms with Crippen LogP contribution in [0.4, 0.5) is 0 Å². The van der Waals surface area contributed by atoms with Crippen molar-refractivity contribution in [3.63, 3.8) is 0 Å². The topological polar surface area (TPSA) is 12.5 Å². The van der Waals surface area contributed by atoms with E-state index in [4.69, 9.17) is 4.74 Å². The molecule has 2 nitrogen and oxygen atoms in total. The van der Waals surface area contributed by atoms with Gasteiger partial charge < -0.3 is 9.64 Å². The summed E-state index contributed by atoms with van der Waals surface area (Å²) < 4.78 is 5.64. The molecule has 0 saturated heterocycles. The molecule has 0 N–H and O–H groups in total. The van der Waals surface area contributed by atoms with E-state index in [-0.39, 0.29) is 5.54 Å². The van der Waals surface area contributed by atoms with Gasteiger partial charge in [-0.2, -0.15) is 0 Å². The molecular formula is C9H21NOS. The molecular weight excluding hydrogens is 170 g/mol. The van der Waals surface area contributed by atoms with E-state index in [1.54, 1.807) is 11.8 Å². The Kier molecular flexibility index (Phi) is 5.21. The maximum atomic E-state index is 5.64. The molecule has 1 atom stereocenters. The largest absolute Gasteiger partial charge is 0.366 e. The first-order chi connectivity index (χ1) is 5.40. The Morgan fingerprint density at radius 3 is 2.25 bits per heavy atom. The molecule has 1 unspecified atom stereocenters. The van der Waals surface area contributed by atoms with Gasteiger partial charge in [0.25, 0.3) is 0 Å². The second-order valence-corrected chi connectivity index (χ2v) is 4.96. The van der Waals surface area contributed by atoms with Gasteiger partial charge >= 0.3 is 0 Å². The third-order valence-corrected chi connectivity index (χ3v) is 3.01. The van der Waals surface area contributed by atoms with Crippen molar-refractivity contribution < 1.29 is 4.74 Å². The van der Waals surface area contributed by atoms with Gasteiger partial charge in [0.05, 0.1) is 12.0 Å². The molecule has 0 aliphatic heterocycles. The maximum Gasteiger partial charge on any atom is 0.0997 e. The molecule has 0 aromatic carbocycles. The van der Waals surface area contributed by atoms with Crippen LogP contribution in [0, 0.1) is 0 Å². The van der Waals surface area contributed by atoms with Crippen molar-refractivity contribution in [1.29, 1.82) is 0 Å². The van der Waals surface area contributed by atoms with Gasteiger partial charge in [-0.25, -0.2) is 0 Å². The molecule has 0 rings (SSSR count). The predicted molar refractivity (Wildman–Crippen MR) is 56.7 cm³/mol. The quantitative estimate of drug-likeness (QED) is 0.617. The van der Waals surface area contributed by atoms with Crippen molar-refractivity contribution in [2.75, 3.05) is 27.0 Å². The summed E-state index contributed by atoms with van der Waals surface area (Å²) in [6, 6.07) is 0. The van der Waals surface area contributed by atoms with E-state index in [0.29, 0.717) is 5.44 Å². The Hall–Kier alpha value is 0.270. The molecule has 3 heteroatoms. The van der Waals surface area contributed by atoms with Crippen molar-refractivity contribution in [1.82, 2.24) is 4.90 Å². The second kappa shape index (κ2) is 5.10. The van der Waals surface area contributed by atoms with Gasteiger partial charge in [0.2, 0.25) is 0 Å². The highest BCUT2D eigenvalue weighted by Gasteiger charge is 2.21. The van der Waals surface area contributed by atoms with Crippen LogP contribution in [0.5, 0.6) is 0 Å². The normalized spacial score (nSPS) is 15.2. The highest BCUT2D eigenvalue weighted by atomic mass is 32.2. The van der Waals surface area contributed by atoms with Crippen LogP contribution in [0.1, 0.15) is 20.8 Å². The lowest BCUT2D eigenvalue weighted by atomic mass is 10.1. The van der Waals surface area contributed by atoms with Crippen LogP contribution in [0.15, 0.2) is 0 Å². The fourth-order valence-corrected chi connectivity index (χ4v) is 0.723. The minimum atomic E-state index is 0.129. The lowest BCUT2D eigenvalue weighted by molar-refractivity contribution is 0.0299. The molecule has 0 aromatic rings.